The summed E-state index contributed by atoms with van der Waals surface area (Å²) < 4.78 is 75.8. The van der Waals surface area contributed by atoms with Gasteiger partial charge in [0, 0.05) is 31.8 Å². The zero-order valence-electron chi connectivity index (χ0n) is 26.2. The van der Waals surface area contributed by atoms with Crippen molar-refractivity contribution in [3.63, 3.8) is 0 Å². The smallest absolute Gasteiger partial charge is 0.416 e. The number of hydrogen-bond acceptors (Lipinski definition) is 7. The fraction of sp³-hybridized carbons (Fsp3) is 0.394. The lowest BCUT2D eigenvalue weighted by atomic mass is 10.0. The van der Waals surface area contributed by atoms with Gasteiger partial charge in [0.1, 0.15) is 18.5 Å². The first-order valence-corrected chi connectivity index (χ1v) is 16.8. The van der Waals surface area contributed by atoms with Gasteiger partial charge in [0.15, 0.2) is 0 Å². The van der Waals surface area contributed by atoms with Crippen molar-refractivity contribution in [2.75, 3.05) is 36.6 Å². The molecule has 1 aliphatic heterocycles. The molecule has 0 radical (unpaired) electrons. The van der Waals surface area contributed by atoms with E-state index in [2.05, 4.69) is 10.6 Å². The van der Waals surface area contributed by atoms with E-state index in [-0.39, 0.29) is 24.3 Å². The molecule has 3 N–H and O–H groups in total. The summed E-state index contributed by atoms with van der Waals surface area (Å²) in [6, 6.07) is 15.1. The number of nitrogens with one attached hydrogen (secondary N) is 2. The summed E-state index contributed by atoms with van der Waals surface area (Å²) in [7, 11) is -0.991. The zero-order valence-corrected chi connectivity index (χ0v) is 27.0. The van der Waals surface area contributed by atoms with Crippen LogP contribution in [0.25, 0.3) is 0 Å². The van der Waals surface area contributed by atoms with E-state index >= 15 is 0 Å². The van der Waals surface area contributed by atoms with Crippen LogP contribution in [0.15, 0.2) is 66.7 Å². The third-order valence-electron chi connectivity index (χ3n) is 7.90. The largest absolute Gasteiger partial charge is 0.491 e. The van der Waals surface area contributed by atoms with Gasteiger partial charge < -0.3 is 25.2 Å². The van der Waals surface area contributed by atoms with Crippen molar-refractivity contribution in [2.45, 2.75) is 56.5 Å². The number of rotatable bonds is 8. The molecule has 3 aromatic rings. The molecule has 0 saturated carbocycles. The van der Waals surface area contributed by atoms with Crippen LogP contribution in [0, 0.1) is 0 Å². The summed E-state index contributed by atoms with van der Waals surface area (Å²) >= 11 is 0. The minimum atomic E-state index is -4.53. The van der Waals surface area contributed by atoms with Crippen molar-refractivity contribution in [3.05, 3.63) is 89.0 Å². The first-order valence-electron chi connectivity index (χ1n) is 14.9. The van der Waals surface area contributed by atoms with Gasteiger partial charge in [0.05, 0.1) is 29.7 Å². The molecule has 3 aromatic carbocycles. The second kappa shape index (κ2) is 15.2. The first-order chi connectivity index (χ1) is 22.1. The molecule has 14 heteroatoms. The molecule has 10 nitrogen and oxygen atoms in total. The summed E-state index contributed by atoms with van der Waals surface area (Å²) in [5.41, 5.74) is 1.49. The highest BCUT2D eigenvalue weighted by molar-refractivity contribution is 7.92. The molecule has 1 heterocycles. The van der Waals surface area contributed by atoms with Crippen molar-refractivity contribution in [1.29, 1.82) is 0 Å². The van der Waals surface area contributed by atoms with Crippen LogP contribution >= 0.6 is 0 Å². The number of carbonyl (C=O) groups is 2. The van der Waals surface area contributed by atoms with Crippen LogP contribution in [-0.2, 0) is 38.6 Å². The Morgan fingerprint density at radius 2 is 1.77 bits per heavy atom. The molecule has 0 saturated heterocycles. The third kappa shape index (κ3) is 9.92. The Balaban J connectivity index is 1.59. The number of carbonyl (C=O) groups excluding carboxylic acids is 2. The van der Waals surface area contributed by atoms with Gasteiger partial charge in [-0.3, -0.25) is 13.9 Å². The topological polar surface area (TPSA) is 134 Å². The Kier molecular flexibility index (Phi) is 11.5. The maximum absolute atomic E-state index is 13.6. The second-order valence-corrected chi connectivity index (χ2v) is 13.5. The van der Waals surface area contributed by atoms with Gasteiger partial charge in [-0.1, -0.05) is 12.1 Å². The highest BCUT2D eigenvalue weighted by Gasteiger charge is 2.32. The number of nitrogens with zero attached hydrogens (tertiary/aromatic N) is 1. The molecule has 4 bridgehead atoms. The van der Waals surface area contributed by atoms with Crippen LogP contribution in [-0.4, -0.2) is 70.6 Å². The van der Waals surface area contributed by atoms with E-state index in [1.54, 1.807) is 18.2 Å². The van der Waals surface area contributed by atoms with E-state index in [1.807, 2.05) is 18.2 Å². The first kappa shape index (κ1) is 35.7. The number of benzene rings is 3. The standard InChI is InChI=1S/C33H38F3N3O7S/c1-39(47(3,43)44)26-16-22-8-5-4-7-21-9-6-10-27(17-21)46-20-28(38-31(41)23(15-22)18-26)29(40)19-30(45-2)32(42)37-25-13-11-24(12-14-25)33(34,35)36/h6,9-18,28-30,40H,4-5,7-8,19-20H2,1-3H3,(H,37,42)(H,38,41)/t28-,29-,30+/m0/s1. The van der Waals surface area contributed by atoms with Gasteiger partial charge in [-0.2, -0.15) is 13.2 Å². The average Bonchev–Trinajstić information content (AvgIpc) is 3.02. The Labute approximate surface area is 271 Å². The number of aliphatic hydroxyl groups excluding tert-OH is 1. The van der Waals surface area contributed by atoms with Gasteiger partial charge in [0.25, 0.3) is 11.8 Å². The molecule has 254 valence electrons. The van der Waals surface area contributed by atoms with E-state index < -0.39 is 51.8 Å². The van der Waals surface area contributed by atoms with Crippen LogP contribution in [0.4, 0.5) is 24.5 Å². The molecular formula is C33H38F3N3O7S. The number of methoxy groups -OCH3 is 1. The van der Waals surface area contributed by atoms with Gasteiger partial charge >= 0.3 is 6.18 Å². The SMILES string of the molecule is CO[C@H](C[C@H](O)[C@@H]1COc2cccc(c2)CCCCc2cc(cc(N(C)S(C)(=O)=O)c2)C(=O)N1)C(=O)Nc1ccc(C(F)(F)F)cc1. The molecular weight excluding hydrogens is 639 g/mol. The number of hydrogen-bond donors (Lipinski definition) is 3. The summed E-state index contributed by atoms with van der Waals surface area (Å²) in [6.07, 6.45) is -3.43. The molecule has 4 rings (SSSR count). The van der Waals surface area contributed by atoms with E-state index in [0.717, 1.165) is 65.2 Å². The van der Waals surface area contributed by atoms with Crippen LogP contribution in [0.5, 0.6) is 5.75 Å². The molecule has 1 aliphatic rings. The average molecular weight is 678 g/mol. The number of fused-ring (bicyclic) bond motifs is 4. The van der Waals surface area contributed by atoms with Gasteiger partial charge in [-0.15, -0.1) is 0 Å². The fourth-order valence-corrected chi connectivity index (χ4v) is 5.61. The normalized spacial score (nSPS) is 17.3. The maximum Gasteiger partial charge on any atom is 0.416 e. The predicted octanol–water partition coefficient (Wildman–Crippen LogP) is 4.56. The molecule has 0 aliphatic carbocycles. The summed E-state index contributed by atoms with van der Waals surface area (Å²) in [5, 5.41) is 16.6. The third-order valence-corrected chi connectivity index (χ3v) is 9.11. The van der Waals surface area contributed by atoms with Crippen molar-refractivity contribution in [3.8, 4) is 5.75 Å². The predicted molar refractivity (Wildman–Crippen MR) is 171 cm³/mol. The number of aliphatic hydroxyl groups is 1. The highest BCUT2D eigenvalue weighted by atomic mass is 32.2. The van der Waals surface area contributed by atoms with Gasteiger partial charge in [-0.25, -0.2) is 8.42 Å². The van der Waals surface area contributed by atoms with Crippen molar-refractivity contribution in [1.82, 2.24) is 5.32 Å². The maximum atomic E-state index is 13.6. The Bertz CT molecular complexity index is 1670. The number of aryl methyl sites for hydroxylation is 2. The summed E-state index contributed by atoms with van der Waals surface area (Å²) in [4.78, 5) is 26.6. The molecule has 0 unspecified atom stereocenters. The van der Waals surface area contributed by atoms with E-state index in [4.69, 9.17) is 9.47 Å². The van der Waals surface area contributed by atoms with Crippen molar-refractivity contribution >= 4 is 33.2 Å². The zero-order chi connectivity index (χ0) is 34.4. The number of amides is 2. The van der Waals surface area contributed by atoms with E-state index in [9.17, 15) is 36.3 Å². The van der Waals surface area contributed by atoms with Crippen molar-refractivity contribution < 1.29 is 45.8 Å². The Hall–Kier alpha value is -4.14. The highest BCUT2D eigenvalue weighted by Crippen LogP contribution is 2.30. The molecule has 0 spiro atoms. The number of anilines is 2. The number of halogens is 3. The molecule has 3 atom stereocenters. The second-order valence-electron chi connectivity index (χ2n) is 11.5. The van der Waals surface area contributed by atoms with E-state index in [1.165, 1.54) is 20.2 Å². The number of ether oxygens (including phenoxy) is 2. The van der Waals surface area contributed by atoms with Crippen molar-refractivity contribution in [2.24, 2.45) is 0 Å². The quantitative estimate of drug-likeness (QED) is 0.318. The number of alkyl halides is 3. The minimum Gasteiger partial charge on any atom is -0.491 e. The number of sulfonamides is 1. The Morgan fingerprint density at radius 1 is 1.09 bits per heavy atom. The minimum absolute atomic E-state index is 0.0970. The molecule has 47 heavy (non-hydrogen) atoms. The lowest BCUT2D eigenvalue weighted by Gasteiger charge is -2.27. The lowest BCUT2D eigenvalue weighted by Crippen LogP contribution is -2.49. The van der Waals surface area contributed by atoms with Crippen LogP contribution in [0.2, 0.25) is 0 Å². The summed E-state index contributed by atoms with van der Waals surface area (Å²) in [6.45, 7) is -0.191. The van der Waals surface area contributed by atoms with Crippen LogP contribution in [0.3, 0.4) is 0 Å². The monoisotopic (exact) mass is 677 g/mol. The van der Waals surface area contributed by atoms with E-state index in [0.29, 0.717) is 17.9 Å². The van der Waals surface area contributed by atoms with Crippen LogP contribution < -0.4 is 19.7 Å². The fourth-order valence-electron chi connectivity index (χ4n) is 5.12. The van der Waals surface area contributed by atoms with Gasteiger partial charge in [0.2, 0.25) is 10.0 Å². The summed E-state index contributed by atoms with van der Waals surface area (Å²) in [5.74, 6) is -0.802. The molecule has 2 amide bonds. The lowest BCUT2D eigenvalue weighted by molar-refractivity contribution is -0.137. The van der Waals surface area contributed by atoms with Crippen LogP contribution in [0.1, 0.15) is 46.3 Å². The molecule has 0 fully saturated rings. The molecule has 0 aromatic heterocycles. The Morgan fingerprint density at radius 3 is 2.40 bits per heavy atom. The van der Waals surface area contributed by atoms with Gasteiger partial charge in [-0.05, 0) is 91.4 Å².